The lowest BCUT2D eigenvalue weighted by atomic mass is 9.55. The fraction of sp³-hybridized carbons (Fsp3) is 0.478. The van der Waals surface area contributed by atoms with Crippen LogP contribution in [0.5, 0.6) is 0 Å². The molecule has 6 rings (SSSR count). The number of carbonyl (C=O) groups excluding carboxylic acids is 1. The van der Waals surface area contributed by atoms with Crippen LogP contribution in [0.2, 0.25) is 0 Å². The minimum absolute atomic E-state index is 0.0640. The first kappa shape index (κ1) is 19.9. The molecule has 1 unspecified atom stereocenters. The van der Waals surface area contributed by atoms with Crippen molar-refractivity contribution < 1.29 is 13.6 Å². The molecule has 2 bridgehead atoms. The zero-order chi connectivity index (χ0) is 21.7. The van der Waals surface area contributed by atoms with Crippen molar-refractivity contribution in [3.8, 4) is 6.07 Å². The second-order valence-electron chi connectivity index (χ2n) is 9.02. The average molecular weight is 423 g/mol. The van der Waals surface area contributed by atoms with E-state index < -0.39 is 17.7 Å². The van der Waals surface area contributed by atoms with Crippen LogP contribution in [-0.2, 0) is 11.3 Å². The molecular formula is C23H23F2N5O. The molecule has 1 aromatic carbocycles. The molecule has 8 heteroatoms. The zero-order valence-corrected chi connectivity index (χ0v) is 17.2. The van der Waals surface area contributed by atoms with Gasteiger partial charge in [-0.2, -0.15) is 15.5 Å². The number of aryl methyl sites for hydroxylation is 1. The number of nitriles is 1. The van der Waals surface area contributed by atoms with Crippen LogP contribution < -0.4 is 0 Å². The van der Waals surface area contributed by atoms with Crippen molar-refractivity contribution in [2.45, 2.75) is 45.2 Å². The lowest BCUT2D eigenvalue weighted by Gasteiger charge is -2.51. The summed E-state index contributed by atoms with van der Waals surface area (Å²) in [6, 6.07) is 5.02. The molecule has 3 saturated carbocycles. The SMILES string of the molecule is Cc1cn(C[C@@H]2C[C@H](C(=O)N3N=CCC3c3cc(F)cc(F)c3)C3CC2C3)nc1C#N. The molecule has 3 fully saturated rings. The molecule has 0 radical (unpaired) electrons. The Kier molecular flexibility index (Phi) is 4.84. The number of halogens is 2. The molecule has 1 amide bonds. The number of rotatable bonds is 4. The van der Waals surface area contributed by atoms with E-state index in [1.54, 1.807) is 6.21 Å². The predicted octanol–water partition coefficient (Wildman–Crippen LogP) is 3.96. The highest BCUT2D eigenvalue weighted by Crippen LogP contribution is 2.53. The number of aromatic nitrogens is 2. The number of hydrogen-bond donors (Lipinski definition) is 0. The first-order chi connectivity index (χ1) is 14.9. The van der Waals surface area contributed by atoms with Crippen molar-refractivity contribution in [3.63, 3.8) is 0 Å². The van der Waals surface area contributed by atoms with Crippen molar-refractivity contribution in [2.24, 2.45) is 28.8 Å². The molecule has 3 aliphatic carbocycles. The highest BCUT2D eigenvalue weighted by atomic mass is 19.1. The van der Waals surface area contributed by atoms with Crippen LogP contribution in [0, 0.1) is 53.6 Å². The summed E-state index contributed by atoms with van der Waals surface area (Å²) in [7, 11) is 0. The second-order valence-corrected chi connectivity index (χ2v) is 9.02. The van der Waals surface area contributed by atoms with E-state index in [9.17, 15) is 13.6 Å². The highest BCUT2D eigenvalue weighted by molar-refractivity contribution is 5.82. The van der Waals surface area contributed by atoms with Gasteiger partial charge in [-0.25, -0.2) is 13.8 Å². The smallest absolute Gasteiger partial charge is 0.246 e. The van der Waals surface area contributed by atoms with Crippen LogP contribution >= 0.6 is 0 Å². The van der Waals surface area contributed by atoms with E-state index in [2.05, 4.69) is 16.3 Å². The van der Waals surface area contributed by atoms with Gasteiger partial charge in [0.15, 0.2) is 5.69 Å². The van der Waals surface area contributed by atoms with E-state index in [0.717, 1.165) is 30.9 Å². The molecule has 3 atom stereocenters. The van der Waals surface area contributed by atoms with Crippen LogP contribution in [-0.4, -0.2) is 26.9 Å². The molecule has 2 heterocycles. The molecule has 1 aliphatic heterocycles. The Hall–Kier alpha value is -3.08. The maximum atomic E-state index is 13.7. The van der Waals surface area contributed by atoms with Crippen molar-refractivity contribution in [1.29, 1.82) is 5.26 Å². The van der Waals surface area contributed by atoms with Gasteiger partial charge in [-0.3, -0.25) is 9.48 Å². The fourth-order valence-corrected chi connectivity index (χ4v) is 5.46. The van der Waals surface area contributed by atoms with Gasteiger partial charge in [0.1, 0.15) is 17.7 Å². The lowest BCUT2D eigenvalue weighted by molar-refractivity contribution is -0.147. The normalized spacial score (nSPS) is 29.0. The molecule has 6 nitrogen and oxygen atoms in total. The van der Waals surface area contributed by atoms with Crippen LogP contribution in [0.3, 0.4) is 0 Å². The Morgan fingerprint density at radius 1 is 1.19 bits per heavy atom. The summed E-state index contributed by atoms with van der Waals surface area (Å²) in [6.45, 7) is 2.56. The van der Waals surface area contributed by atoms with Gasteiger partial charge in [0.05, 0.1) is 6.04 Å². The molecule has 0 N–H and O–H groups in total. The monoisotopic (exact) mass is 423 g/mol. The lowest BCUT2D eigenvalue weighted by Crippen LogP contribution is -2.49. The number of amides is 1. The first-order valence-electron chi connectivity index (χ1n) is 10.7. The minimum Gasteiger partial charge on any atom is -0.273 e. The summed E-state index contributed by atoms with van der Waals surface area (Å²) >= 11 is 0. The maximum Gasteiger partial charge on any atom is 0.246 e. The third-order valence-corrected chi connectivity index (χ3v) is 7.12. The summed E-state index contributed by atoms with van der Waals surface area (Å²) in [5, 5.41) is 19.2. The molecule has 0 spiro atoms. The Morgan fingerprint density at radius 2 is 1.94 bits per heavy atom. The molecule has 31 heavy (non-hydrogen) atoms. The summed E-state index contributed by atoms with van der Waals surface area (Å²) in [4.78, 5) is 13.5. The van der Waals surface area contributed by atoms with E-state index in [1.807, 2.05) is 17.8 Å². The largest absolute Gasteiger partial charge is 0.273 e. The summed E-state index contributed by atoms with van der Waals surface area (Å²) in [5.41, 5.74) is 1.72. The minimum atomic E-state index is -0.653. The van der Waals surface area contributed by atoms with Gasteiger partial charge in [0.2, 0.25) is 5.91 Å². The van der Waals surface area contributed by atoms with Crippen LogP contribution in [0.15, 0.2) is 29.5 Å². The Morgan fingerprint density at radius 3 is 2.61 bits per heavy atom. The summed E-state index contributed by atoms with van der Waals surface area (Å²) < 4.78 is 29.3. The predicted molar refractivity (Wildman–Crippen MR) is 109 cm³/mol. The Bertz CT molecular complexity index is 1080. The molecule has 160 valence electrons. The molecule has 4 aliphatic rings. The molecular weight excluding hydrogens is 400 g/mol. The second kappa shape index (κ2) is 7.56. The van der Waals surface area contributed by atoms with E-state index in [4.69, 9.17) is 5.26 Å². The van der Waals surface area contributed by atoms with E-state index in [0.29, 0.717) is 42.0 Å². The standard InChI is InChI=1S/C23H23F2N5O/c1-13-11-29(28-21(13)10-26)12-17-8-20(15-4-14(17)5-15)23(31)30-22(2-3-27-30)16-6-18(24)9-19(25)7-16/h3,6-7,9,11,14-15,17,20,22H,2,4-5,8,12H2,1H3/t14?,15?,17-,20-,22?/m0/s1. The first-order valence-corrected chi connectivity index (χ1v) is 10.7. The van der Waals surface area contributed by atoms with Gasteiger partial charge in [0.25, 0.3) is 0 Å². The summed E-state index contributed by atoms with van der Waals surface area (Å²) in [5.74, 6) is -0.311. The summed E-state index contributed by atoms with van der Waals surface area (Å²) in [6.07, 6.45) is 6.73. The number of hydrogen-bond acceptors (Lipinski definition) is 4. The number of benzene rings is 1. The van der Waals surface area contributed by atoms with Crippen LogP contribution in [0.4, 0.5) is 8.78 Å². The van der Waals surface area contributed by atoms with Gasteiger partial charge < -0.3 is 0 Å². The van der Waals surface area contributed by atoms with Crippen molar-refractivity contribution in [1.82, 2.24) is 14.8 Å². The van der Waals surface area contributed by atoms with Crippen molar-refractivity contribution >= 4 is 12.1 Å². The van der Waals surface area contributed by atoms with Crippen LogP contribution in [0.1, 0.15) is 48.5 Å². The van der Waals surface area contributed by atoms with Crippen LogP contribution in [0.25, 0.3) is 0 Å². The third-order valence-electron chi connectivity index (χ3n) is 7.12. The van der Waals surface area contributed by atoms with Crippen molar-refractivity contribution in [2.75, 3.05) is 0 Å². The average Bonchev–Trinajstić information content (AvgIpc) is 3.32. The maximum absolute atomic E-state index is 13.7. The molecule has 1 aromatic heterocycles. The van der Waals surface area contributed by atoms with E-state index >= 15 is 0 Å². The van der Waals surface area contributed by atoms with Gasteiger partial charge in [-0.05, 0) is 61.6 Å². The van der Waals surface area contributed by atoms with Crippen molar-refractivity contribution in [3.05, 3.63) is 52.9 Å². The topological polar surface area (TPSA) is 74.3 Å². The zero-order valence-electron chi connectivity index (χ0n) is 17.2. The van der Waals surface area contributed by atoms with Gasteiger partial charge in [0, 0.05) is 42.9 Å². The van der Waals surface area contributed by atoms with E-state index in [-0.39, 0.29) is 11.8 Å². The highest BCUT2D eigenvalue weighted by Gasteiger charge is 2.50. The third kappa shape index (κ3) is 3.52. The van der Waals surface area contributed by atoms with Gasteiger partial charge in [-0.1, -0.05) is 0 Å². The Balaban J connectivity index is 1.33. The molecule has 2 aromatic rings. The van der Waals surface area contributed by atoms with Gasteiger partial charge in [-0.15, -0.1) is 0 Å². The number of hydrazone groups is 1. The Labute approximate surface area is 179 Å². The number of nitrogens with zero attached hydrogens (tertiary/aromatic N) is 5. The fourth-order valence-electron chi connectivity index (χ4n) is 5.46. The van der Waals surface area contributed by atoms with Gasteiger partial charge >= 0.3 is 0 Å². The van der Waals surface area contributed by atoms with E-state index in [1.165, 1.54) is 17.1 Å². The number of carbonyl (C=O) groups is 1. The number of fused-ring (bicyclic) bond motifs is 2. The quantitative estimate of drug-likeness (QED) is 0.747. The molecule has 0 saturated heterocycles.